The Balaban J connectivity index is 1.41. The van der Waals surface area contributed by atoms with Crippen molar-refractivity contribution >= 4 is 23.3 Å². The minimum Gasteiger partial charge on any atom is -0.309 e. The summed E-state index contributed by atoms with van der Waals surface area (Å²) >= 11 is 0. The second-order valence-electron chi connectivity index (χ2n) is 7.04. The number of halogens is 1. The summed E-state index contributed by atoms with van der Waals surface area (Å²) in [4.78, 5) is 26.1. The summed E-state index contributed by atoms with van der Waals surface area (Å²) < 4.78 is 13.9. The van der Waals surface area contributed by atoms with Crippen LogP contribution in [0.4, 0.5) is 15.9 Å². The van der Waals surface area contributed by atoms with Crippen molar-refractivity contribution in [1.82, 2.24) is 10.2 Å². The maximum Gasteiger partial charge on any atom is 0.231 e. The van der Waals surface area contributed by atoms with Crippen molar-refractivity contribution in [3.8, 4) is 0 Å². The lowest BCUT2D eigenvalue weighted by Crippen LogP contribution is -2.28. The molecule has 1 aromatic carbocycles. The molecule has 0 spiro atoms. The Morgan fingerprint density at radius 1 is 1.27 bits per heavy atom. The van der Waals surface area contributed by atoms with Crippen LogP contribution in [-0.2, 0) is 9.59 Å². The van der Waals surface area contributed by atoms with Crippen LogP contribution in [0.3, 0.4) is 0 Å². The van der Waals surface area contributed by atoms with E-state index in [9.17, 15) is 14.0 Å². The number of aromatic amines is 1. The largest absolute Gasteiger partial charge is 0.309 e. The van der Waals surface area contributed by atoms with Crippen LogP contribution in [0.5, 0.6) is 0 Å². The SMILES string of the molecule is O=C(Nc1cc(C2CCCC2)[nH]n1)C1CC(=O)N(c2ccccc2F)C1. The molecule has 2 heterocycles. The predicted molar refractivity (Wildman–Crippen MR) is 95.3 cm³/mol. The van der Waals surface area contributed by atoms with Crippen LogP contribution in [0.2, 0.25) is 0 Å². The maximum absolute atomic E-state index is 13.9. The number of nitrogens with one attached hydrogen (secondary N) is 2. The first-order chi connectivity index (χ1) is 12.6. The van der Waals surface area contributed by atoms with Crippen LogP contribution < -0.4 is 10.2 Å². The molecule has 1 aromatic heterocycles. The van der Waals surface area contributed by atoms with Gasteiger partial charge in [0.1, 0.15) is 5.82 Å². The molecule has 4 rings (SSSR count). The fourth-order valence-corrected chi connectivity index (χ4v) is 3.86. The molecule has 1 atom stereocenters. The number of nitrogens with zero attached hydrogens (tertiary/aromatic N) is 2. The van der Waals surface area contributed by atoms with Crippen LogP contribution in [-0.4, -0.2) is 28.6 Å². The second-order valence-corrected chi connectivity index (χ2v) is 7.04. The van der Waals surface area contributed by atoms with Gasteiger partial charge < -0.3 is 10.2 Å². The van der Waals surface area contributed by atoms with E-state index in [1.54, 1.807) is 18.2 Å². The number of hydrogen-bond donors (Lipinski definition) is 2. The molecule has 1 aliphatic carbocycles. The average molecular weight is 356 g/mol. The molecule has 7 heteroatoms. The topological polar surface area (TPSA) is 78.1 Å². The summed E-state index contributed by atoms with van der Waals surface area (Å²) in [6.45, 7) is 0.172. The van der Waals surface area contributed by atoms with Crippen LogP contribution in [0.25, 0.3) is 0 Å². The Labute approximate surface area is 150 Å². The van der Waals surface area contributed by atoms with Gasteiger partial charge in [0, 0.05) is 30.6 Å². The van der Waals surface area contributed by atoms with Gasteiger partial charge in [-0.2, -0.15) is 5.10 Å². The molecule has 1 unspecified atom stereocenters. The molecule has 26 heavy (non-hydrogen) atoms. The minimum atomic E-state index is -0.520. The predicted octanol–water partition coefficient (Wildman–Crippen LogP) is 3.20. The molecule has 0 radical (unpaired) electrons. The van der Waals surface area contributed by atoms with E-state index < -0.39 is 11.7 Å². The Hall–Kier alpha value is -2.70. The first-order valence-corrected chi connectivity index (χ1v) is 9.03. The van der Waals surface area contributed by atoms with E-state index in [0.29, 0.717) is 11.7 Å². The van der Waals surface area contributed by atoms with Gasteiger partial charge >= 0.3 is 0 Å². The molecule has 2 fully saturated rings. The third kappa shape index (κ3) is 3.21. The molecular formula is C19H21FN4O2. The zero-order valence-electron chi connectivity index (χ0n) is 14.4. The van der Waals surface area contributed by atoms with Gasteiger partial charge in [-0.1, -0.05) is 25.0 Å². The van der Waals surface area contributed by atoms with E-state index in [1.165, 1.54) is 23.8 Å². The monoisotopic (exact) mass is 356 g/mol. The molecule has 2 aromatic rings. The van der Waals surface area contributed by atoms with Gasteiger partial charge in [0.15, 0.2) is 5.82 Å². The van der Waals surface area contributed by atoms with E-state index in [-0.39, 0.29) is 30.5 Å². The van der Waals surface area contributed by atoms with Crippen molar-refractivity contribution in [3.05, 3.63) is 41.8 Å². The van der Waals surface area contributed by atoms with E-state index >= 15 is 0 Å². The van der Waals surface area contributed by atoms with Gasteiger partial charge in [0.2, 0.25) is 11.8 Å². The second kappa shape index (κ2) is 6.90. The normalized spacial score (nSPS) is 20.7. The summed E-state index contributed by atoms with van der Waals surface area (Å²) in [6, 6.07) is 7.98. The van der Waals surface area contributed by atoms with Crippen molar-refractivity contribution in [1.29, 1.82) is 0 Å². The number of rotatable bonds is 4. The molecule has 6 nitrogen and oxygen atoms in total. The number of amides is 2. The molecule has 1 aliphatic heterocycles. The molecule has 0 bridgehead atoms. The lowest BCUT2D eigenvalue weighted by molar-refractivity contribution is -0.122. The number of carbonyl (C=O) groups excluding carboxylic acids is 2. The quantitative estimate of drug-likeness (QED) is 0.883. The van der Waals surface area contributed by atoms with Crippen LogP contribution in [0.1, 0.15) is 43.7 Å². The maximum atomic E-state index is 13.9. The summed E-state index contributed by atoms with van der Waals surface area (Å²) in [7, 11) is 0. The van der Waals surface area contributed by atoms with Gasteiger partial charge in [-0.3, -0.25) is 14.7 Å². The Kier molecular flexibility index (Phi) is 4.44. The first-order valence-electron chi connectivity index (χ1n) is 9.03. The van der Waals surface area contributed by atoms with E-state index in [0.717, 1.165) is 18.5 Å². The Morgan fingerprint density at radius 3 is 2.81 bits per heavy atom. The third-order valence-corrected chi connectivity index (χ3v) is 5.28. The van der Waals surface area contributed by atoms with Gasteiger partial charge in [-0.05, 0) is 25.0 Å². The summed E-state index contributed by atoms with van der Waals surface area (Å²) in [5.41, 5.74) is 1.27. The van der Waals surface area contributed by atoms with Crippen LogP contribution >= 0.6 is 0 Å². The fraction of sp³-hybridized carbons (Fsp3) is 0.421. The van der Waals surface area contributed by atoms with Gasteiger partial charge in [-0.25, -0.2) is 4.39 Å². The highest BCUT2D eigenvalue weighted by Crippen LogP contribution is 2.34. The molecule has 1 saturated carbocycles. The Bertz CT molecular complexity index is 828. The van der Waals surface area contributed by atoms with Crippen molar-refractivity contribution in [2.24, 2.45) is 5.92 Å². The lowest BCUT2D eigenvalue weighted by Gasteiger charge is -2.17. The molecule has 2 aliphatic rings. The van der Waals surface area contributed by atoms with Crippen molar-refractivity contribution in [2.75, 3.05) is 16.8 Å². The third-order valence-electron chi connectivity index (χ3n) is 5.28. The highest BCUT2D eigenvalue weighted by molar-refractivity contribution is 6.03. The molecular weight excluding hydrogens is 335 g/mol. The highest BCUT2D eigenvalue weighted by Gasteiger charge is 2.36. The number of hydrogen-bond acceptors (Lipinski definition) is 3. The number of anilines is 2. The standard InChI is InChI=1S/C19H21FN4O2/c20-14-7-3-4-8-16(14)24-11-13(9-18(24)25)19(26)21-17-10-15(22-23-17)12-5-1-2-6-12/h3-4,7-8,10,12-13H,1-2,5-6,9,11H2,(H2,21,22,23,26). The van der Waals surface area contributed by atoms with Crippen LogP contribution in [0.15, 0.2) is 30.3 Å². The number of para-hydroxylation sites is 1. The van der Waals surface area contributed by atoms with Crippen LogP contribution in [0, 0.1) is 11.7 Å². The van der Waals surface area contributed by atoms with E-state index in [2.05, 4.69) is 15.5 Å². The molecule has 2 N–H and O–H groups in total. The van der Waals surface area contributed by atoms with E-state index in [4.69, 9.17) is 0 Å². The lowest BCUT2D eigenvalue weighted by atomic mass is 10.0. The van der Waals surface area contributed by atoms with Crippen molar-refractivity contribution < 1.29 is 14.0 Å². The molecule has 1 saturated heterocycles. The zero-order chi connectivity index (χ0) is 18.1. The van der Waals surface area contributed by atoms with Gasteiger partial charge in [0.05, 0.1) is 11.6 Å². The van der Waals surface area contributed by atoms with Crippen molar-refractivity contribution in [3.63, 3.8) is 0 Å². The fourth-order valence-electron chi connectivity index (χ4n) is 3.86. The number of aromatic nitrogens is 2. The van der Waals surface area contributed by atoms with Gasteiger partial charge in [-0.15, -0.1) is 0 Å². The summed E-state index contributed by atoms with van der Waals surface area (Å²) in [5.74, 6) is -0.527. The van der Waals surface area contributed by atoms with Gasteiger partial charge in [0.25, 0.3) is 0 Å². The molecule has 2 amide bonds. The van der Waals surface area contributed by atoms with Crippen molar-refractivity contribution in [2.45, 2.75) is 38.0 Å². The highest BCUT2D eigenvalue weighted by atomic mass is 19.1. The van der Waals surface area contributed by atoms with E-state index in [1.807, 2.05) is 6.07 Å². The number of benzene rings is 1. The first kappa shape index (κ1) is 16.8. The zero-order valence-corrected chi connectivity index (χ0v) is 14.4. The number of carbonyl (C=O) groups is 2. The summed E-state index contributed by atoms with van der Waals surface area (Å²) in [6.07, 6.45) is 4.80. The molecule has 136 valence electrons. The average Bonchev–Trinajstić information content (AvgIpc) is 3.35. The summed E-state index contributed by atoms with van der Waals surface area (Å²) in [5, 5.41) is 9.95. The minimum absolute atomic E-state index is 0.0695. The Morgan fingerprint density at radius 2 is 2.04 bits per heavy atom. The smallest absolute Gasteiger partial charge is 0.231 e. The number of H-pyrrole nitrogens is 1.